The number of aromatic nitrogens is 2. The summed E-state index contributed by atoms with van der Waals surface area (Å²) in [6.45, 7) is 8.82. The Bertz CT molecular complexity index is 873. The summed E-state index contributed by atoms with van der Waals surface area (Å²) in [7, 11) is 1.30. The number of likely N-dealkylation sites (tertiary alicyclic amines) is 1. The molecule has 2 heterocycles. The summed E-state index contributed by atoms with van der Waals surface area (Å²) < 4.78 is 4.69. The van der Waals surface area contributed by atoms with Gasteiger partial charge in [-0.3, -0.25) is 4.79 Å². The number of carbonyl (C=O) groups excluding carboxylic acids is 2. The van der Waals surface area contributed by atoms with E-state index in [1.165, 1.54) is 12.7 Å². The molecule has 7 heteroatoms. The Hall–Kier alpha value is -2.83. The maximum Gasteiger partial charge on any atom is 0.407 e. The summed E-state index contributed by atoms with van der Waals surface area (Å²) in [5.41, 5.74) is 3.30. The number of alkyl carbamates (subject to hydrolysis) is 1. The van der Waals surface area contributed by atoms with Crippen molar-refractivity contribution in [2.24, 2.45) is 5.92 Å². The molecule has 7 nitrogen and oxygen atoms in total. The number of carbonyl (C=O) groups is 2. The Morgan fingerprint density at radius 2 is 1.90 bits per heavy atom. The number of nitrogens with zero attached hydrogens (tertiary/aromatic N) is 2. The van der Waals surface area contributed by atoms with Crippen LogP contribution in [0.3, 0.4) is 0 Å². The number of imidazole rings is 1. The van der Waals surface area contributed by atoms with Crippen LogP contribution in [0.5, 0.6) is 0 Å². The second-order valence-corrected chi connectivity index (χ2v) is 8.51. The number of hydrogen-bond donors (Lipinski definition) is 2. The third-order valence-corrected chi connectivity index (χ3v) is 5.73. The highest BCUT2D eigenvalue weighted by Gasteiger charge is 2.37. The highest BCUT2D eigenvalue weighted by molar-refractivity contribution is 5.86. The van der Waals surface area contributed by atoms with E-state index in [4.69, 9.17) is 4.74 Å². The predicted octanol–water partition coefficient (Wildman–Crippen LogP) is 4.24. The van der Waals surface area contributed by atoms with Crippen molar-refractivity contribution < 1.29 is 14.3 Å². The molecule has 1 aromatic carbocycles. The smallest absolute Gasteiger partial charge is 0.407 e. The molecule has 2 N–H and O–H groups in total. The molecule has 1 saturated heterocycles. The lowest BCUT2D eigenvalue weighted by Gasteiger charge is -2.30. The van der Waals surface area contributed by atoms with Gasteiger partial charge in [-0.1, -0.05) is 52.0 Å². The molecule has 2 aromatic rings. The second kappa shape index (κ2) is 9.32. The molecular formula is C23H32N4O3. The van der Waals surface area contributed by atoms with Gasteiger partial charge in [-0.2, -0.15) is 0 Å². The van der Waals surface area contributed by atoms with Crippen LogP contribution in [-0.4, -0.2) is 46.6 Å². The maximum absolute atomic E-state index is 13.2. The topological polar surface area (TPSA) is 87.3 Å². The molecule has 0 bridgehead atoms. The van der Waals surface area contributed by atoms with E-state index >= 15 is 0 Å². The van der Waals surface area contributed by atoms with E-state index in [1.54, 1.807) is 0 Å². The largest absolute Gasteiger partial charge is 0.453 e. The summed E-state index contributed by atoms with van der Waals surface area (Å²) in [6.07, 6.45) is 2.97. The van der Waals surface area contributed by atoms with Crippen molar-refractivity contribution in [2.75, 3.05) is 13.7 Å². The summed E-state index contributed by atoms with van der Waals surface area (Å²) >= 11 is 0. The minimum absolute atomic E-state index is 0.0514. The molecule has 3 rings (SSSR count). The normalized spacial score (nSPS) is 17.4. The Morgan fingerprint density at radius 1 is 1.20 bits per heavy atom. The number of rotatable bonds is 6. The van der Waals surface area contributed by atoms with E-state index < -0.39 is 12.1 Å². The van der Waals surface area contributed by atoms with Gasteiger partial charge < -0.3 is 19.9 Å². The van der Waals surface area contributed by atoms with Gasteiger partial charge in [0.1, 0.15) is 11.9 Å². The number of hydrogen-bond acceptors (Lipinski definition) is 4. The quantitative estimate of drug-likeness (QED) is 0.743. The van der Waals surface area contributed by atoms with Gasteiger partial charge >= 0.3 is 6.09 Å². The Labute approximate surface area is 178 Å². The van der Waals surface area contributed by atoms with E-state index in [0.717, 1.165) is 29.9 Å². The number of benzene rings is 1. The zero-order chi connectivity index (χ0) is 21.8. The van der Waals surface area contributed by atoms with Crippen LogP contribution in [0, 0.1) is 5.92 Å². The first-order valence-corrected chi connectivity index (χ1v) is 10.6. The van der Waals surface area contributed by atoms with Crippen LogP contribution in [-0.2, 0) is 9.53 Å². The second-order valence-electron chi connectivity index (χ2n) is 8.51. The highest BCUT2D eigenvalue weighted by Crippen LogP contribution is 2.32. The third-order valence-electron chi connectivity index (χ3n) is 5.73. The molecule has 0 radical (unpaired) electrons. The molecule has 0 aliphatic carbocycles. The van der Waals surface area contributed by atoms with Crippen molar-refractivity contribution in [1.82, 2.24) is 20.2 Å². The molecule has 162 valence electrons. The molecule has 1 aliphatic rings. The van der Waals surface area contributed by atoms with Gasteiger partial charge in [0.25, 0.3) is 0 Å². The summed E-state index contributed by atoms with van der Waals surface area (Å²) in [5.74, 6) is 1.12. The van der Waals surface area contributed by atoms with Crippen LogP contribution in [0.2, 0.25) is 0 Å². The molecular weight excluding hydrogens is 380 g/mol. The lowest BCUT2D eigenvalue weighted by Crippen LogP contribution is -2.51. The Morgan fingerprint density at radius 3 is 2.50 bits per heavy atom. The fourth-order valence-corrected chi connectivity index (χ4v) is 3.89. The van der Waals surface area contributed by atoms with Crippen LogP contribution in [0.1, 0.15) is 63.9 Å². The molecule has 1 aromatic heterocycles. The molecule has 2 amide bonds. The maximum atomic E-state index is 13.2. The lowest BCUT2D eigenvalue weighted by molar-refractivity contribution is -0.135. The monoisotopic (exact) mass is 412 g/mol. The van der Waals surface area contributed by atoms with Crippen LogP contribution >= 0.6 is 0 Å². The van der Waals surface area contributed by atoms with E-state index in [1.807, 2.05) is 24.9 Å². The van der Waals surface area contributed by atoms with Gasteiger partial charge in [0.2, 0.25) is 5.91 Å². The van der Waals surface area contributed by atoms with Gasteiger partial charge in [0.05, 0.1) is 25.0 Å². The van der Waals surface area contributed by atoms with E-state index in [-0.39, 0.29) is 17.9 Å². The van der Waals surface area contributed by atoms with Gasteiger partial charge in [-0.25, -0.2) is 9.78 Å². The first-order chi connectivity index (χ1) is 14.3. The van der Waals surface area contributed by atoms with Crippen molar-refractivity contribution in [3.8, 4) is 11.3 Å². The van der Waals surface area contributed by atoms with Crippen molar-refractivity contribution in [1.29, 1.82) is 0 Å². The van der Waals surface area contributed by atoms with Gasteiger partial charge in [-0.15, -0.1) is 0 Å². The van der Waals surface area contributed by atoms with E-state index in [2.05, 4.69) is 53.4 Å². The predicted molar refractivity (Wildman–Crippen MR) is 116 cm³/mol. The molecule has 30 heavy (non-hydrogen) atoms. The number of methoxy groups -OCH3 is 1. The van der Waals surface area contributed by atoms with Crippen molar-refractivity contribution in [3.63, 3.8) is 0 Å². The fraction of sp³-hybridized carbons (Fsp3) is 0.522. The van der Waals surface area contributed by atoms with Crippen LogP contribution in [0.15, 0.2) is 30.5 Å². The number of aromatic amines is 1. The van der Waals surface area contributed by atoms with E-state index in [9.17, 15) is 9.59 Å². The average molecular weight is 413 g/mol. The van der Waals surface area contributed by atoms with Crippen molar-refractivity contribution in [3.05, 3.63) is 41.9 Å². The summed E-state index contributed by atoms with van der Waals surface area (Å²) in [4.78, 5) is 34.7. The summed E-state index contributed by atoms with van der Waals surface area (Å²) in [6, 6.07) is 7.71. The Balaban J connectivity index is 1.78. The number of nitrogens with one attached hydrogen (secondary N) is 2. The SMILES string of the molecule is COC(=O)NC(C(=O)N1CCCC1c1ncc(-c2ccc(C(C)C)cc2)[nH]1)C(C)C. The van der Waals surface area contributed by atoms with Crippen molar-refractivity contribution >= 4 is 12.0 Å². The number of ether oxygens (including phenoxy) is 1. The lowest BCUT2D eigenvalue weighted by atomic mass is 10.0. The van der Waals surface area contributed by atoms with Gasteiger partial charge in [0.15, 0.2) is 0 Å². The van der Waals surface area contributed by atoms with Crippen molar-refractivity contribution in [2.45, 2.75) is 58.5 Å². The minimum atomic E-state index is -0.629. The molecule has 0 saturated carbocycles. The molecule has 2 atom stereocenters. The van der Waals surface area contributed by atoms with Crippen LogP contribution in [0.25, 0.3) is 11.3 Å². The molecule has 2 unspecified atom stereocenters. The van der Waals surface area contributed by atoms with Crippen LogP contribution in [0.4, 0.5) is 4.79 Å². The summed E-state index contributed by atoms with van der Waals surface area (Å²) in [5, 5.41) is 2.68. The Kier molecular flexibility index (Phi) is 6.80. The van der Waals surface area contributed by atoms with E-state index in [0.29, 0.717) is 12.5 Å². The molecule has 1 fully saturated rings. The molecule has 0 spiro atoms. The zero-order valence-corrected chi connectivity index (χ0v) is 18.4. The van der Waals surface area contributed by atoms with Crippen LogP contribution < -0.4 is 5.32 Å². The number of H-pyrrole nitrogens is 1. The fourth-order valence-electron chi connectivity index (χ4n) is 3.89. The number of amides is 2. The van der Waals surface area contributed by atoms with Gasteiger partial charge in [0, 0.05) is 6.54 Å². The third kappa shape index (κ3) is 4.66. The first kappa shape index (κ1) is 21.9. The molecule has 1 aliphatic heterocycles. The zero-order valence-electron chi connectivity index (χ0n) is 18.4. The standard InChI is InChI=1S/C23H32N4O3/c1-14(2)16-8-10-17(11-9-16)18-13-24-21(25-18)19-7-6-12-27(19)22(28)20(15(3)4)26-23(29)30-5/h8-11,13-15,19-20H,6-7,12H2,1-5H3,(H,24,25)(H,26,29). The highest BCUT2D eigenvalue weighted by atomic mass is 16.5. The minimum Gasteiger partial charge on any atom is -0.453 e. The first-order valence-electron chi connectivity index (χ1n) is 10.6. The average Bonchev–Trinajstić information content (AvgIpc) is 3.40. The van der Waals surface area contributed by atoms with Gasteiger partial charge in [-0.05, 0) is 35.8 Å².